The summed E-state index contributed by atoms with van der Waals surface area (Å²) >= 11 is 0. The fourth-order valence-corrected chi connectivity index (χ4v) is 2.10. The third-order valence-electron chi connectivity index (χ3n) is 3.47. The second-order valence-electron chi connectivity index (χ2n) is 5.82. The van der Waals surface area contributed by atoms with Crippen LogP contribution < -0.4 is 5.32 Å². The molecule has 114 valence electrons. The number of hydrogen-bond donors (Lipinski definition) is 2. The molecule has 0 spiro atoms. The van der Waals surface area contributed by atoms with Crippen LogP contribution >= 0.6 is 0 Å². The van der Waals surface area contributed by atoms with E-state index in [2.05, 4.69) is 19.2 Å². The SMILES string of the molecule is CCCOCCOCCCCC(C)(CO)NC1CC1. The summed E-state index contributed by atoms with van der Waals surface area (Å²) < 4.78 is 10.9. The Kier molecular flexibility index (Phi) is 8.62. The van der Waals surface area contributed by atoms with Crippen LogP contribution in [-0.2, 0) is 9.47 Å². The minimum absolute atomic E-state index is 0.106. The Morgan fingerprint density at radius 1 is 1.11 bits per heavy atom. The van der Waals surface area contributed by atoms with Crippen molar-refractivity contribution in [3.05, 3.63) is 0 Å². The molecule has 1 rings (SSSR count). The highest BCUT2D eigenvalue weighted by molar-refractivity contribution is 4.92. The Morgan fingerprint density at radius 3 is 2.37 bits per heavy atom. The molecule has 0 amide bonds. The van der Waals surface area contributed by atoms with Gasteiger partial charge in [0.1, 0.15) is 0 Å². The molecule has 1 aliphatic rings. The molecule has 0 aromatic rings. The number of aliphatic hydroxyl groups excluding tert-OH is 1. The molecule has 0 aromatic heterocycles. The molecule has 0 radical (unpaired) electrons. The van der Waals surface area contributed by atoms with Crippen molar-refractivity contribution < 1.29 is 14.6 Å². The van der Waals surface area contributed by atoms with Crippen LogP contribution in [0.4, 0.5) is 0 Å². The van der Waals surface area contributed by atoms with Crippen LogP contribution in [0.5, 0.6) is 0 Å². The number of nitrogens with one attached hydrogen (secondary N) is 1. The van der Waals surface area contributed by atoms with Crippen molar-refractivity contribution in [3.8, 4) is 0 Å². The van der Waals surface area contributed by atoms with Gasteiger partial charge in [0.05, 0.1) is 19.8 Å². The maximum atomic E-state index is 9.47. The minimum atomic E-state index is -0.106. The van der Waals surface area contributed by atoms with E-state index in [1.54, 1.807) is 0 Å². The molecule has 0 aliphatic heterocycles. The van der Waals surface area contributed by atoms with E-state index in [-0.39, 0.29) is 12.1 Å². The van der Waals surface area contributed by atoms with Crippen LogP contribution in [0.1, 0.15) is 52.4 Å². The predicted octanol–water partition coefficient (Wildman–Crippen LogP) is 2.10. The lowest BCUT2D eigenvalue weighted by molar-refractivity contribution is 0.0455. The van der Waals surface area contributed by atoms with Gasteiger partial charge in [0.25, 0.3) is 0 Å². The van der Waals surface area contributed by atoms with Crippen molar-refractivity contribution in [1.29, 1.82) is 0 Å². The Morgan fingerprint density at radius 2 is 1.79 bits per heavy atom. The van der Waals surface area contributed by atoms with Gasteiger partial charge in [-0.05, 0) is 45.4 Å². The molecule has 0 bridgehead atoms. The van der Waals surface area contributed by atoms with Gasteiger partial charge in [0.15, 0.2) is 0 Å². The number of ether oxygens (including phenoxy) is 2. The third-order valence-corrected chi connectivity index (χ3v) is 3.47. The Bertz CT molecular complexity index is 221. The number of unbranched alkanes of at least 4 members (excludes halogenated alkanes) is 1. The van der Waals surface area contributed by atoms with Crippen molar-refractivity contribution in [2.24, 2.45) is 0 Å². The highest BCUT2D eigenvalue weighted by atomic mass is 16.5. The molecular weight excluding hydrogens is 242 g/mol. The van der Waals surface area contributed by atoms with Gasteiger partial charge in [-0.15, -0.1) is 0 Å². The first-order chi connectivity index (χ1) is 9.20. The van der Waals surface area contributed by atoms with E-state index < -0.39 is 0 Å². The molecule has 0 aromatic carbocycles. The molecule has 1 aliphatic carbocycles. The van der Waals surface area contributed by atoms with Crippen molar-refractivity contribution >= 4 is 0 Å². The van der Waals surface area contributed by atoms with Gasteiger partial charge in [-0.1, -0.05) is 6.92 Å². The van der Waals surface area contributed by atoms with Crippen LogP contribution in [0.2, 0.25) is 0 Å². The van der Waals surface area contributed by atoms with E-state index in [1.165, 1.54) is 12.8 Å². The smallest absolute Gasteiger partial charge is 0.0700 e. The average Bonchev–Trinajstić information content (AvgIpc) is 3.20. The lowest BCUT2D eigenvalue weighted by Gasteiger charge is -2.29. The lowest BCUT2D eigenvalue weighted by Crippen LogP contribution is -2.46. The molecular formula is C15H31NO3. The Hall–Kier alpha value is -0.160. The predicted molar refractivity (Wildman–Crippen MR) is 77.4 cm³/mol. The summed E-state index contributed by atoms with van der Waals surface area (Å²) in [5.74, 6) is 0. The van der Waals surface area contributed by atoms with Gasteiger partial charge in [0, 0.05) is 24.8 Å². The van der Waals surface area contributed by atoms with Crippen LogP contribution in [0.3, 0.4) is 0 Å². The van der Waals surface area contributed by atoms with Gasteiger partial charge in [-0.25, -0.2) is 0 Å². The van der Waals surface area contributed by atoms with Gasteiger partial charge >= 0.3 is 0 Å². The molecule has 1 saturated carbocycles. The van der Waals surface area contributed by atoms with Crippen molar-refractivity contribution in [3.63, 3.8) is 0 Å². The molecule has 1 unspecified atom stereocenters. The maximum absolute atomic E-state index is 9.47. The summed E-state index contributed by atoms with van der Waals surface area (Å²) in [7, 11) is 0. The monoisotopic (exact) mass is 273 g/mol. The van der Waals surface area contributed by atoms with Crippen LogP contribution in [0.15, 0.2) is 0 Å². The fraction of sp³-hybridized carbons (Fsp3) is 1.00. The van der Waals surface area contributed by atoms with Crippen molar-refractivity contribution in [1.82, 2.24) is 5.32 Å². The van der Waals surface area contributed by atoms with Gasteiger partial charge in [-0.2, -0.15) is 0 Å². The maximum Gasteiger partial charge on any atom is 0.0700 e. The topological polar surface area (TPSA) is 50.7 Å². The second kappa shape index (κ2) is 9.70. The molecule has 0 saturated heterocycles. The van der Waals surface area contributed by atoms with E-state index >= 15 is 0 Å². The standard InChI is InChI=1S/C15H31NO3/c1-3-9-18-11-12-19-10-5-4-8-15(2,13-17)16-14-6-7-14/h14,16-17H,3-13H2,1-2H3. The molecule has 4 heteroatoms. The summed E-state index contributed by atoms with van der Waals surface area (Å²) in [6.07, 6.45) is 6.73. The third kappa shape index (κ3) is 8.58. The van der Waals surface area contributed by atoms with Gasteiger partial charge < -0.3 is 19.9 Å². The first-order valence-electron chi connectivity index (χ1n) is 7.74. The summed E-state index contributed by atoms with van der Waals surface area (Å²) in [6.45, 7) is 7.45. The Balaban J connectivity index is 1.90. The zero-order valence-electron chi connectivity index (χ0n) is 12.6. The quantitative estimate of drug-likeness (QED) is 0.505. The highest BCUT2D eigenvalue weighted by Gasteiger charge is 2.31. The van der Waals surface area contributed by atoms with Gasteiger partial charge in [0.2, 0.25) is 0 Å². The Labute approximate surface area is 117 Å². The zero-order valence-corrected chi connectivity index (χ0v) is 12.6. The van der Waals surface area contributed by atoms with Crippen LogP contribution in [0, 0.1) is 0 Å². The average molecular weight is 273 g/mol. The zero-order chi connectivity index (χ0) is 14.0. The molecule has 4 nitrogen and oxygen atoms in total. The summed E-state index contributed by atoms with van der Waals surface area (Å²) in [4.78, 5) is 0. The highest BCUT2D eigenvalue weighted by Crippen LogP contribution is 2.24. The summed E-state index contributed by atoms with van der Waals surface area (Å²) in [5.41, 5.74) is -0.106. The molecule has 0 heterocycles. The van der Waals surface area contributed by atoms with E-state index in [0.717, 1.165) is 38.9 Å². The second-order valence-corrected chi connectivity index (χ2v) is 5.82. The summed E-state index contributed by atoms with van der Waals surface area (Å²) in [5, 5.41) is 13.0. The first kappa shape index (κ1) is 16.9. The molecule has 1 fully saturated rings. The molecule has 1 atom stereocenters. The van der Waals surface area contributed by atoms with Crippen LogP contribution in [-0.4, -0.2) is 49.7 Å². The molecule has 2 N–H and O–H groups in total. The van der Waals surface area contributed by atoms with Crippen LogP contribution in [0.25, 0.3) is 0 Å². The van der Waals surface area contributed by atoms with E-state index in [1.807, 2.05) is 0 Å². The van der Waals surface area contributed by atoms with E-state index in [9.17, 15) is 5.11 Å². The van der Waals surface area contributed by atoms with Crippen molar-refractivity contribution in [2.45, 2.75) is 64.0 Å². The van der Waals surface area contributed by atoms with E-state index in [4.69, 9.17) is 9.47 Å². The molecule has 19 heavy (non-hydrogen) atoms. The number of hydrogen-bond acceptors (Lipinski definition) is 4. The van der Waals surface area contributed by atoms with Crippen molar-refractivity contribution in [2.75, 3.05) is 33.0 Å². The lowest BCUT2D eigenvalue weighted by atomic mass is 9.95. The normalized spacial score (nSPS) is 18.5. The van der Waals surface area contributed by atoms with Gasteiger partial charge in [-0.3, -0.25) is 0 Å². The minimum Gasteiger partial charge on any atom is -0.394 e. The number of rotatable bonds is 13. The number of aliphatic hydroxyl groups is 1. The summed E-state index contributed by atoms with van der Waals surface area (Å²) in [6, 6.07) is 0.643. The fourth-order valence-electron chi connectivity index (χ4n) is 2.10. The first-order valence-corrected chi connectivity index (χ1v) is 7.74. The largest absolute Gasteiger partial charge is 0.394 e. The van der Waals surface area contributed by atoms with E-state index in [0.29, 0.717) is 19.3 Å².